The van der Waals surface area contributed by atoms with Crippen LogP contribution in [0.3, 0.4) is 0 Å². The molecule has 0 radical (unpaired) electrons. The van der Waals surface area contributed by atoms with Gasteiger partial charge in [-0.2, -0.15) is 0 Å². The van der Waals surface area contributed by atoms with Crippen molar-refractivity contribution in [3.8, 4) is 0 Å². The second-order valence-corrected chi connectivity index (χ2v) is 6.38. The number of nitrogens with zero attached hydrogens (tertiary/aromatic N) is 2. The Morgan fingerprint density at radius 3 is 2.52 bits per heavy atom. The van der Waals surface area contributed by atoms with Crippen molar-refractivity contribution in [2.24, 2.45) is 0 Å². The third-order valence-corrected chi connectivity index (χ3v) is 4.71. The van der Waals surface area contributed by atoms with Gasteiger partial charge >= 0.3 is 0 Å². The van der Waals surface area contributed by atoms with Crippen molar-refractivity contribution < 1.29 is 0 Å². The Kier molecular flexibility index (Phi) is 8.16. The van der Waals surface area contributed by atoms with Crippen molar-refractivity contribution in [3.05, 3.63) is 50.9 Å². The summed E-state index contributed by atoms with van der Waals surface area (Å²) in [5.41, 5.74) is 1.12. The van der Waals surface area contributed by atoms with Gasteiger partial charge in [-0.1, -0.05) is 12.1 Å². The van der Waals surface area contributed by atoms with Crippen LogP contribution >= 0.6 is 52.1 Å². The summed E-state index contributed by atoms with van der Waals surface area (Å²) in [7, 11) is 0. The predicted molar refractivity (Wildman–Crippen MR) is 97.0 cm³/mol. The number of hydrogen-bond donors (Lipinski definition) is 1. The van der Waals surface area contributed by atoms with Crippen LogP contribution in [-0.4, -0.2) is 36.1 Å². The van der Waals surface area contributed by atoms with Crippen LogP contribution in [0.15, 0.2) is 40.3 Å². The molecule has 1 fully saturated rings. The standard InChI is InChI=1S/C14H16BrN3S.2ClH/c15-13-5-1-3-11(17-13)14(12-4-2-10-19-12)18-8-6-16-7-9-18;;/h1-5,10,14,16H,6-9H2;2*1H/t14-;;/m1../s1. The number of nitrogens with one attached hydrogen (secondary N) is 1. The highest BCUT2D eigenvalue weighted by atomic mass is 79.9. The van der Waals surface area contributed by atoms with Crippen LogP contribution in [-0.2, 0) is 0 Å². The molecule has 2 aromatic heterocycles. The first kappa shape index (κ1) is 18.9. The van der Waals surface area contributed by atoms with E-state index in [0.717, 1.165) is 36.5 Å². The summed E-state index contributed by atoms with van der Waals surface area (Å²) in [5.74, 6) is 0. The SMILES string of the molecule is Brc1cccc([C@H](c2cccs2)N2CCNCC2)n1.Cl.Cl. The molecule has 3 rings (SSSR count). The van der Waals surface area contributed by atoms with Gasteiger partial charge in [-0.25, -0.2) is 4.98 Å². The molecule has 0 aromatic carbocycles. The zero-order valence-corrected chi connectivity index (χ0v) is 15.4. The zero-order chi connectivity index (χ0) is 13.1. The number of piperazine rings is 1. The molecule has 1 saturated heterocycles. The Morgan fingerprint density at radius 2 is 1.90 bits per heavy atom. The van der Waals surface area contributed by atoms with E-state index in [0.29, 0.717) is 0 Å². The fraction of sp³-hybridized carbons (Fsp3) is 0.357. The van der Waals surface area contributed by atoms with Gasteiger partial charge in [-0.15, -0.1) is 36.2 Å². The maximum Gasteiger partial charge on any atom is 0.106 e. The highest BCUT2D eigenvalue weighted by Crippen LogP contribution is 2.31. The fourth-order valence-electron chi connectivity index (χ4n) is 2.48. The van der Waals surface area contributed by atoms with Gasteiger partial charge in [0.15, 0.2) is 0 Å². The lowest BCUT2D eigenvalue weighted by atomic mass is 10.1. The van der Waals surface area contributed by atoms with Crippen molar-refractivity contribution >= 4 is 52.1 Å². The van der Waals surface area contributed by atoms with Gasteiger partial charge in [0.05, 0.1) is 11.7 Å². The highest BCUT2D eigenvalue weighted by molar-refractivity contribution is 9.10. The van der Waals surface area contributed by atoms with Crippen LogP contribution in [0.5, 0.6) is 0 Å². The molecule has 3 heterocycles. The van der Waals surface area contributed by atoms with Crippen molar-refractivity contribution in [3.63, 3.8) is 0 Å². The summed E-state index contributed by atoms with van der Waals surface area (Å²) in [5, 5.41) is 5.55. The highest BCUT2D eigenvalue weighted by Gasteiger charge is 2.25. The molecule has 1 N–H and O–H groups in total. The van der Waals surface area contributed by atoms with E-state index in [4.69, 9.17) is 0 Å². The molecule has 0 aliphatic carbocycles. The van der Waals surface area contributed by atoms with E-state index in [-0.39, 0.29) is 30.9 Å². The molecule has 0 bridgehead atoms. The number of pyridine rings is 1. The van der Waals surface area contributed by atoms with Gasteiger partial charge in [0.25, 0.3) is 0 Å². The summed E-state index contributed by atoms with van der Waals surface area (Å²) >= 11 is 5.29. The van der Waals surface area contributed by atoms with E-state index >= 15 is 0 Å². The maximum atomic E-state index is 4.67. The maximum absolute atomic E-state index is 4.67. The van der Waals surface area contributed by atoms with E-state index in [1.165, 1.54) is 4.88 Å². The molecule has 1 aliphatic rings. The Morgan fingerprint density at radius 1 is 1.14 bits per heavy atom. The second kappa shape index (κ2) is 9.08. The lowest BCUT2D eigenvalue weighted by Gasteiger charge is -2.34. The van der Waals surface area contributed by atoms with Gasteiger partial charge in [0.1, 0.15) is 4.60 Å². The monoisotopic (exact) mass is 409 g/mol. The second-order valence-electron chi connectivity index (χ2n) is 4.59. The topological polar surface area (TPSA) is 28.2 Å². The van der Waals surface area contributed by atoms with Crippen LogP contribution in [0.25, 0.3) is 0 Å². The van der Waals surface area contributed by atoms with E-state index in [1.54, 1.807) is 0 Å². The summed E-state index contributed by atoms with van der Waals surface area (Å²) in [6, 6.07) is 10.8. The van der Waals surface area contributed by atoms with E-state index in [9.17, 15) is 0 Å². The predicted octanol–water partition coefficient (Wildman–Crippen LogP) is 3.74. The lowest BCUT2D eigenvalue weighted by Crippen LogP contribution is -2.45. The Labute approximate surface area is 150 Å². The normalized spacial score (nSPS) is 16.6. The Hall–Kier alpha value is -0.170. The van der Waals surface area contributed by atoms with Crippen molar-refractivity contribution in [1.82, 2.24) is 15.2 Å². The van der Waals surface area contributed by atoms with Gasteiger partial charge < -0.3 is 5.32 Å². The zero-order valence-electron chi connectivity index (χ0n) is 11.4. The number of halogens is 3. The molecule has 0 amide bonds. The Balaban J connectivity index is 0.00000110. The average Bonchev–Trinajstić information content (AvgIpc) is 2.94. The summed E-state index contributed by atoms with van der Waals surface area (Å²) in [4.78, 5) is 8.55. The van der Waals surface area contributed by atoms with Crippen LogP contribution < -0.4 is 5.32 Å². The number of thiophene rings is 1. The Bertz CT molecular complexity index is 533. The molecule has 1 aliphatic heterocycles. The van der Waals surface area contributed by atoms with Gasteiger partial charge in [0, 0.05) is 31.1 Å². The number of hydrogen-bond acceptors (Lipinski definition) is 4. The quantitative estimate of drug-likeness (QED) is 0.781. The molecular formula is C14H18BrCl2N3S. The molecule has 0 unspecified atom stereocenters. The fourth-order valence-corrected chi connectivity index (χ4v) is 3.70. The largest absolute Gasteiger partial charge is 0.314 e. The smallest absolute Gasteiger partial charge is 0.106 e. The van der Waals surface area contributed by atoms with Gasteiger partial charge in [-0.3, -0.25) is 4.90 Å². The van der Waals surface area contributed by atoms with Crippen LogP contribution in [0.2, 0.25) is 0 Å². The minimum absolute atomic E-state index is 0. The van der Waals surface area contributed by atoms with Crippen LogP contribution in [0.1, 0.15) is 16.6 Å². The molecule has 0 spiro atoms. The number of aromatic nitrogens is 1. The molecule has 3 nitrogen and oxygen atoms in total. The molecule has 7 heteroatoms. The first-order chi connectivity index (χ1) is 9.34. The van der Waals surface area contributed by atoms with Crippen molar-refractivity contribution in [1.29, 1.82) is 0 Å². The van der Waals surface area contributed by atoms with E-state index in [2.05, 4.69) is 60.8 Å². The lowest BCUT2D eigenvalue weighted by molar-refractivity contribution is 0.197. The van der Waals surface area contributed by atoms with Crippen LogP contribution in [0, 0.1) is 0 Å². The minimum atomic E-state index is 0. The van der Waals surface area contributed by atoms with Gasteiger partial charge in [-0.05, 0) is 39.5 Å². The first-order valence-electron chi connectivity index (χ1n) is 6.45. The molecule has 1 atom stereocenters. The number of rotatable bonds is 3. The minimum Gasteiger partial charge on any atom is -0.314 e. The third kappa shape index (κ3) is 4.65. The first-order valence-corrected chi connectivity index (χ1v) is 8.12. The van der Waals surface area contributed by atoms with Crippen molar-refractivity contribution in [2.75, 3.05) is 26.2 Å². The van der Waals surface area contributed by atoms with E-state index in [1.807, 2.05) is 17.4 Å². The van der Waals surface area contributed by atoms with Crippen molar-refractivity contribution in [2.45, 2.75) is 6.04 Å². The molecule has 116 valence electrons. The molecule has 0 saturated carbocycles. The molecular weight excluding hydrogens is 393 g/mol. The molecule has 2 aromatic rings. The molecule has 21 heavy (non-hydrogen) atoms. The average molecular weight is 411 g/mol. The van der Waals surface area contributed by atoms with E-state index < -0.39 is 0 Å². The summed E-state index contributed by atoms with van der Waals surface area (Å²) in [6.07, 6.45) is 0. The summed E-state index contributed by atoms with van der Waals surface area (Å²) in [6.45, 7) is 4.24. The van der Waals surface area contributed by atoms with Crippen LogP contribution in [0.4, 0.5) is 0 Å². The third-order valence-electron chi connectivity index (χ3n) is 3.35. The summed E-state index contributed by atoms with van der Waals surface area (Å²) < 4.78 is 0.904. The van der Waals surface area contributed by atoms with Gasteiger partial charge in [0.2, 0.25) is 0 Å².